The summed E-state index contributed by atoms with van der Waals surface area (Å²) in [5.41, 5.74) is 9.25. The predicted octanol–water partition coefficient (Wildman–Crippen LogP) is 5.63. The first kappa shape index (κ1) is 23.9. The molecule has 4 rings (SSSR count). The molecule has 0 saturated carbocycles. The first-order valence-corrected chi connectivity index (χ1v) is 11.8. The molecule has 6 nitrogen and oxygen atoms in total. The van der Waals surface area contributed by atoms with Gasteiger partial charge in [0.1, 0.15) is 12.4 Å². The molecule has 0 aromatic heterocycles. The number of hydrogen-bond donors (Lipinski definition) is 2. The second-order valence-corrected chi connectivity index (χ2v) is 8.92. The van der Waals surface area contributed by atoms with E-state index in [1.165, 1.54) is 5.56 Å². The molecule has 8 heteroatoms. The summed E-state index contributed by atoms with van der Waals surface area (Å²) in [5.74, 6) is -0.0115. The van der Waals surface area contributed by atoms with Gasteiger partial charge in [-0.15, -0.1) is 0 Å². The summed E-state index contributed by atoms with van der Waals surface area (Å²) in [5, 5.41) is 0.989. The number of anilines is 2. The number of aryl methyl sites for hydroxylation is 1. The second kappa shape index (κ2) is 10.8. The van der Waals surface area contributed by atoms with Gasteiger partial charge in [0, 0.05) is 18.7 Å². The van der Waals surface area contributed by atoms with Crippen LogP contribution in [0.5, 0.6) is 5.75 Å². The average molecular weight is 498 g/mol. The van der Waals surface area contributed by atoms with Crippen molar-refractivity contribution in [1.29, 1.82) is 0 Å². The molecule has 0 spiro atoms. The van der Waals surface area contributed by atoms with E-state index in [9.17, 15) is 9.59 Å². The number of ether oxygens (including phenoxy) is 1. The van der Waals surface area contributed by atoms with Crippen LogP contribution in [0.25, 0.3) is 0 Å². The highest BCUT2D eigenvalue weighted by molar-refractivity contribution is 6.42. The zero-order valence-electron chi connectivity index (χ0n) is 18.7. The fourth-order valence-corrected chi connectivity index (χ4v) is 4.03. The van der Waals surface area contributed by atoms with Crippen LogP contribution in [0, 0.1) is 5.92 Å². The van der Waals surface area contributed by atoms with Crippen LogP contribution in [-0.4, -0.2) is 18.4 Å². The van der Waals surface area contributed by atoms with E-state index in [4.69, 9.17) is 27.9 Å². The van der Waals surface area contributed by atoms with E-state index in [0.717, 1.165) is 17.7 Å². The van der Waals surface area contributed by atoms with E-state index >= 15 is 0 Å². The highest BCUT2D eigenvalue weighted by Crippen LogP contribution is 2.26. The van der Waals surface area contributed by atoms with Gasteiger partial charge < -0.3 is 9.64 Å². The van der Waals surface area contributed by atoms with Gasteiger partial charge in [-0.05, 0) is 66.1 Å². The third-order valence-electron chi connectivity index (χ3n) is 5.73. The SMILES string of the molecule is CCc1ccc(N2C[C@H](C(=O)NNc3ccc(OCc4ccc(Cl)c(Cl)c4)cc3)CC2=O)cc1. The van der Waals surface area contributed by atoms with Crippen LogP contribution in [-0.2, 0) is 22.6 Å². The molecule has 0 unspecified atom stereocenters. The second-order valence-electron chi connectivity index (χ2n) is 8.10. The number of rotatable bonds is 8. The maximum atomic E-state index is 12.6. The van der Waals surface area contributed by atoms with Crippen LogP contribution in [0.2, 0.25) is 10.0 Å². The normalized spacial score (nSPS) is 15.3. The Kier molecular flexibility index (Phi) is 7.60. The maximum absolute atomic E-state index is 12.6. The number of nitrogens with one attached hydrogen (secondary N) is 2. The van der Waals surface area contributed by atoms with Gasteiger partial charge in [0.05, 0.1) is 21.7 Å². The van der Waals surface area contributed by atoms with Crippen molar-refractivity contribution in [1.82, 2.24) is 5.43 Å². The van der Waals surface area contributed by atoms with Gasteiger partial charge in [-0.3, -0.25) is 20.4 Å². The number of halogens is 2. The predicted molar refractivity (Wildman–Crippen MR) is 135 cm³/mol. The van der Waals surface area contributed by atoms with Crippen molar-refractivity contribution >= 4 is 46.4 Å². The summed E-state index contributed by atoms with van der Waals surface area (Å²) in [6.45, 7) is 2.80. The Balaban J connectivity index is 1.26. The molecule has 176 valence electrons. The largest absolute Gasteiger partial charge is 0.489 e. The molecule has 1 saturated heterocycles. The Hall–Kier alpha value is -3.22. The fraction of sp³-hybridized carbons (Fsp3) is 0.231. The van der Waals surface area contributed by atoms with Crippen molar-refractivity contribution in [3.8, 4) is 5.75 Å². The molecule has 1 fully saturated rings. The highest BCUT2D eigenvalue weighted by Gasteiger charge is 2.35. The first-order valence-electron chi connectivity index (χ1n) is 11.0. The van der Waals surface area contributed by atoms with Gasteiger partial charge in [0.25, 0.3) is 0 Å². The molecule has 1 heterocycles. The highest BCUT2D eigenvalue weighted by atomic mass is 35.5. The molecule has 0 bridgehead atoms. The van der Waals surface area contributed by atoms with Gasteiger partial charge in [-0.2, -0.15) is 0 Å². The van der Waals surface area contributed by atoms with E-state index in [0.29, 0.717) is 34.6 Å². The van der Waals surface area contributed by atoms with E-state index in [1.807, 2.05) is 30.3 Å². The number of hydrazine groups is 1. The van der Waals surface area contributed by atoms with Crippen molar-refractivity contribution in [2.24, 2.45) is 5.92 Å². The lowest BCUT2D eigenvalue weighted by molar-refractivity contribution is -0.125. The lowest BCUT2D eigenvalue weighted by Crippen LogP contribution is -2.36. The molecule has 0 radical (unpaired) electrons. The summed E-state index contributed by atoms with van der Waals surface area (Å²) >= 11 is 12.0. The summed E-state index contributed by atoms with van der Waals surface area (Å²) in [6, 6.07) is 20.4. The van der Waals surface area contributed by atoms with Crippen LogP contribution in [0.4, 0.5) is 11.4 Å². The summed E-state index contributed by atoms with van der Waals surface area (Å²) in [6.07, 6.45) is 1.12. The standard InChI is InChI=1S/C26H25Cl2N3O3/c1-2-17-3-8-21(9-4-17)31-15-19(14-25(31)32)26(33)30-29-20-6-10-22(11-7-20)34-16-18-5-12-23(27)24(28)13-18/h3-13,19,29H,2,14-16H2,1H3,(H,30,33)/t19-/m1/s1. The summed E-state index contributed by atoms with van der Waals surface area (Å²) < 4.78 is 5.77. The Morgan fingerprint density at radius 2 is 1.71 bits per heavy atom. The van der Waals surface area contributed by atoms with Crippen molar-refractivity contribution < 1.29 is 14.3 Å². The topological polar surface area (TPSA) is 70.7 Å². The molecule has 3 aromatic carbocycles. The average Bonchev–Trinajstić information content (AvgIpc) is 3.25. The van der Waals surface area contributed by atoms with Gasteiger partial charge in [0.2, 0.25) is 11.8 Å². The molecule has 1 aliphatic heterocycles. The van der Waals surface area contributed by atoms with Gasteiger partial charge in [-0.1, -0.05) is 48.3 Å². The molecule has 3 aromatic rings. The fourth-order valence-electron chi connectivity index (χ4n) is 3.71. The third-order valence-corrected chi connectivity index (χ3v) is 6.46. The zero-order valence-corrected chi connectivity index (χ0v) is 20.2. The molecule has 1 aliphatic rings. The van der Waals surface area contributed by atoms with E-state index in [2.05, 4.69) is 17.8 Å². The maximum Gasteiger partial charge on any atom is 0.243 e. The van der Waals surface area contributed by atoms with Crippen LogP contribution in [0.1, 0.15) is 24.5 Å². The Labute approximate surface area is 208 Å². The summed E-state index contributed by atoms with van der Waals surface area (Å²) in [4.78, 5) is 26.7. The Morgan fingerprint density at radius 1 is 1.00 bits per heavy atom. The number of benzene rings is 3. The Morgan fingerprint density at radius 3 is 2.38 bits per heavy atom. The molecular weight excluding hydrogens is 473 g/mol. The molecule has 2 N–H and O–H groups in total. The lowest BCUT2D eigenvalue weighted by Gasteiger charge is -2.17. The van der Waals surface area contributed by atoms with Crippen LogP contribution in [0.3, 0.4) is 0 Å². The van der Waals surface area contributed by atoms with Crippen LogP contribution >= 0.6 is 23.2 Å². The van der Waals surface area contributed by atoms with E-state index < -0.39 is 5.92 Å². The molecule has 0 aliphatic carbocycles. The minimum absolute atomic E-state index is 0.0483. The van der Waals surface area contributed by atoms with E-state index in [1.54, 1.807) is 41.3 Å². The third kappa shape index (κ3) is 5.82. The number of nitrogens with zero attached hydrogens (tertiary/aromatic N) is 1. The molecular formula is C26H25Cl2N3O3. The Bertz CT molecular complexity index is 1170. The van der Waals surface area contributed by atoms with Crippen LogP contribution in [0.15, 0.2) is 66.7 Å². The van der Waals surface area contributed by atoms with Crippen molar-refractivity contribution in [2.75, 3.05) is 16.9 Å². The number of carbonyl (C=O) groups excluding carboxylic acids is 2. The van der Waals surface area contributed by atoms with Gasteiger partial charge in [-0.25, -0.2) is 0 Å². The van der Waals surface area contributed by atoms with Crippen LogP contribution < -0.4 is 20.5 Å². The minimum Gasteiger partial charge on any atom is -0.489 e. The van der Waals surface area contributed by atoms with E-state index in [-0.39, 0.29) is 18.2 Å². The first-order chi connectivity index (χ1) is 16.4. The monoisotopic (exact) mass is 497 g/mol. The van der Waals surface area contributed by atoms with Crippen molar-refractivity contribution in [3.63, 3.8) is 0 Å². The smallest absolute Gasteiger partial charge is 0.243 e. The quantitative estimate of drug-likeness (QED) is 0.395. The van der Waals surface area contributed by atoms with Crippen molar-refractivity contribution in [3.05, 3.63) is 87.9 Å². The van der Waals surface area contributed by atoms with Crippen molar-refractivity contribution in [2.45, 2.75) is 26.4 Å². The zero-order chi connectivity index (χ0) is 24.1. The molecule has 2 amide bonds. The number of carbonyl (C=O) groups is 2. The number of amides is 2. The summed E-state index contributed by atoms with van der Waals surface area (Å²) in [7, 11) is 0. The molecule has 34 heavy (non-hydrogen) atoms. The van der Waals surface area contributed by atoms with Gasteiger partial charge >= 0.3 is 0 Å². The lowest BCUT2D eigenvalue weighted by atomic mass is 10.1. The minimum atomic E-state index is -0.417. The number of hydrogen-bond acceptors (Lipinski definition) is 4. The van der Waals surface area contributed by atoms with Gasteiger partial charge in [0.15, 0.2) is 0 Å². The molecule has 1 atom stereocenters.